The van der Waals surface area contributed by atoms with E-state index in [9.17, 15) is 9.90 Å². The Kier molecular flexibility index (Phi) is 2.54. The average molecular weight is 274 g/mol. The van der Waals surface area contributed by atoms with E-state index in [2.05, 4.69) is 9.97 Å². The molecule has 4 fully saturated rings. The van der Waals surface area contributed by atoms with Crippen LogP contribution in [0.1, 0.15) is 67.5 Å². The molecule has 1 aromatic heterocycles. The average Bonchev–Trinajstić information content (AvgIpc) is 2.82. The number of imidazole rings is 1. The highest BCUT2D eigenvalue weighted by atomic mass is 16.4. The van der Waals surface area contributed by atoms with Crippen LogP contribution in [0.5, 0.6) is 0 Å². The van der Waals surface area contributed by atoms with E-state index in [0.29, 0.717) is 6.42 Å². The van der Waals surface area contributed by atoms with Gasteiger partial charge in [-0.2, -0.15) is 0 Å². The molecule has 0 aromatic carbocycles. The standard InChI is InChI=1S/C16H22N2O2/c1-2-12-13(14(19)20)18-15(17-12)16-6-9-3-10(7-16)5-11(4-9)8-16/h9-11H,2-8H2,1H3,(H,17,18)(H,19,20). The maximum Gasteiger partial charge on any atom is 0.356 e. The van der Waals surface area contributed by atoms with E-state index < -0.39 is 5.97 Å². The molecule has 0 spiro atoms. The summed E-state index contributed by atoms with van der Waals surface area (Å²) in [4.78, 5) is 19.2. The summed E-state index contributed by atoms with van der Waals surface area (Å²) in [6.07, 6.45) is 8.55. The molecule has 20 heavy (non-hydrogen) atoms. The summed E-state index contributed by atoms with van der Waals surface area (Å²) < 4.78 is 0. The lowest BCUT2D eigenvalue weighted by Crippen LogP contribution is -2.49. The van der Waals surface area contributed by atoms with E-state index in [-0.39, 0.29) is 11.1 Å². The highest BCUT2D eigenvalue weighted by Gasteiger charge is 2.53. The van der Waals surface area contributed by atoms with Crippen molar-refractivity contribution >= 4 is 5.97 Å². The summed E-state index contributed by atoms with van der Waals surface area (Å²) in [5.41, 5.74) is 1.20. The number of H-pyrrole nitrogens is 1. The molecule has 2 N–H and O–H groups in total. The summed E-state index contributed by atoms with van der Waals surface area (Å²) in [6, 6.07) is 0. The predicted octanol–water partition coefficient (Wildman–Crippen LogP) is 3.14. The Labute approximate surface area is 119 Å². The third kappa shape index (κ3) is 1.66. The number of aromatic amines is 1. The first-order valence-electron chi connectivity index (χ1n) is 7.92. The topological polar surface area (TPSA) is 66.0 Å². The number of aromatic carboxylic acids is 1. The molecular weight excluding hydrogens is 252 g/mol. The van der Waals surface area contributed by atoms with Gasteiger partial charge in [0.1, 0.15) is 5.82 Å². The Balaban J connectivity index is 1.75. The highest BCUT2D eigenvalue weighted by Crippen LogP contribution is 2.60. The molecule has 5 rings (SSSR count). The lowest BCUT2D eigenvalue weighted by molar-refractivity contribution is -0.00909. The van der Waals surface area contributed by atoms with Crippen molar-refractivity contribution in [1.82, 2.24) is 9.97 Å². The first-order valence-corrected chi connectivity index (χ1v) is 7.92. The van der Waals surface area contributed by atoms with Gasteiger partial charge in [-0.25, -0.2) is 9.78 Å². The van der Waals surface area contributed by atoms with Gasteiger partial charge >= 0.3 is 5.97 Å². The molecule has 4 heteroatoms. The maximum absolute atomic E-state index is 11.3. The van der Waals surface area contributed by atoms with E-state index in [4.69, 9.17) is 0 Å². The number of nitrogens with one attached hydrogen (secondary N) is 1. The van der Waals surface area contributed by atoms with Gasteiger partial charge in [0.2, 0.25) is 0 Å². The van der Waals surface area contributed by atoms with Gasteiger partial charge in [0.25, 0.3) is 0 Å². The molecule has 0 radical (unpaired) electrons. The number of rotatable bonds is 3. The molecule has 108 valence electrons. The second kappa shape index (κ2) is 4.09. The monoisotopic (exact) mass is 274 g/mol. The number of hydrogen-bond acceptors (Lipinski definition) is 2. The lowest BCUT2D eigenvalue weighted by atomic mass is 9.49. The summed E-state index contributed by atoms with van der Waals surface area (Å²) >= 11 is 0. The van der Waals surface area contributed by atoms with Gasteiger partial charge in [0.05, 0.1) is 0 Å². The van der Waals surface area contributed by atoms with Gasteiger partial charge in [0.15, 0.2) is 5.69 Å². The molecule has 4 nitrogen and oxygen atoms in total. The van der Waals surface area contributed by atoms with Crippen LogP contribution in [0.25, 0.3) is 0 Å². The lowest BCUT2D eigenvalue weighted by Gasteiger charge is -2.55. The number of carbonyl (C=O) groups is 1. The van der Waals surface area contributed by atoms with Gasteiger partial charge in [0, 0.05) is 11.1 Å². The molecule has 1 aromatic rings. The Morgan fingerprint density at radius 2 is 1.80 bits per heavy atom. The Morgan fingerprint density at radius 1 is 1.25 bits per heavy atom. The normalized spacial score (nSPS) is 38.4. The Morgan fingerprint density at radius 3 is 2.20 bits per heavy atom. The zero-order valence-corrected chi connectivity index (χ0v) is 12.0. The molecule has 1 heterocycles. The van der Waals surface area contributed by atoms with Crippen molar-refractivity contribution in [1.29, 1.82) is 0 Å². The number of aryl methyl sites for hydroxylation is 1. The zero-order valence-electron chi connectivity index (χ0n) is 12.0. The minimum absolute atomic E-state index is 0.159. The van der Waals surface area contributed by atoms with Crippen molar-refractivity contribution in [3.05, 3.63) is 17.2 Å². The van der Waals surface area contributed by atoms with Crippen LogP contribution in [0.4, 0.5) is 0 Å². The van der Waals surface area contributed by atoms with Gasteiger partial charge in [-0.3, -0.25) is 0 Å². The third-order valence-electron chi connectivity index (χ3n) is 5.88. The fourth-order valence-corrected chi connectivity index (χ4v) is 5.49. The van der Waals surface area contributed by atoms with Crippen molar-refractivity contribution in [3.8, 4) is 0 Å². The number of carboxylic acid groups (broad SMARTS) is 1. The molecule has 4 aliphatic carbocycles. The van der Waals surface area contributed by atoms with Crippen LogP contribution in [0.3, 0.4) is 0 Å². The van der Waals surface area contributed by atoms with Crippen LogP contribution in [0, 0.1) is 17.8 Å². The zero-order chi connectivity index (χ0) is 13.9. The molecule has 0 unspecified atom stereocenters. The summed E-state index contributed by atoms with van der Waals surface area (Å²) in [6.45, 7) is 1.99. The third-order valence-corrected chi connectivity index (χ3v) is 5.88. The number of carboxylic acids is 1. The van der Waals surface area contributed by atoms with Crippen LogP contribution in [-0.4, -0.2) is 21.0 Å². The maximum atomic E-state index is 11.3. The first-order chi connectivity index (χ1) is 9.59. The van der Waals surface area contributed by atoms with E-state index in [1.807, 2.05) is 6.92 Å². The van der Waals surface area contributed by atoms with Crippen molar-refractivity contribution in [2.75, 3.05) is 0 Å². The summed E-state index contributed by atoms with van der Waals surface area (Å²) in [5.74, 6) is 2.64. The fraction of sp³-hybridized carbons (Fsp3) is 0.750. The summed E-state index contributed by atoms with van der Waals surface area (Å²) in [5, 5.41) is 9.31. The van der Waals surface area contributed by atoms with Crippen molar-refractivity contribution in [2.24, 2.45) is 17.8 Å². The smallest absolute Gasteiger partial charge is 0.356 e. The predicted molar refractivity (Wildman–Crippen MR) is 74.8 cm³/mol. The minimum atomic E-state index is -0.894. The second-order valence-corrected chi connectivity index (χ2v) is 7.27. The number of aromatic nitrogens is 2. The summed E-state index contributed by atoms with van der Waals surface area (Å²) in [7, 11) is 0. The molecule has 0 aliphatic heterocycles. The van der Waals surface area contributed by atoms with Crippen molar-refractivity contribution < 1.29 is 9.90 Å². The molecule has 0 saturated heterocycles. The van der Waals surface area contributed by atoms with Crippen molar-refractivity contribution in [3.63, 3.8) is 0 Å². The van der Waals surface area contributed by atoms with Gasteiger partial charge in [-0.05, 0) is 62.7 Å². The first kappa shape index (κ1) is 12.4. The van der Waals surface area contributed by atoms with E-state index >= 15 is 0 Å². The van der Waals surface area contributed by atoms with Crippen LogP contribution in [-0.2, 0) is 11.8 Å². The molecule has 4 bridgehead atoms. The molecule has 0 amide bonds. The van der Waals surface area contributed by atoms with Gasteiger partial charge in [-0.15, -0.1) is 0 Å². The quantitative estimate of drug-likeness (QED) is 0.890. The van der Waals surface area contributed by atoms with Gasteiger partial charge in [-0.1, -0.05) is 6.92 Å². The number of nitrogens with zero attached hydrogens (tertiary/aromatic N) is 1. The van der Waals surface area contributed by atoms with Crippen LogP contribution < -0.4 is 0 Å². The second-order valence-electron chi connectivity index (χ2n) is 7.27. The SMILES string of the molecule is CCc1[nH]c(C23CC4CC(CC(C4)C2)C3)nc1C(=O)O. The van der Waals surface area contributed by atoms with E-state index in [1.165, 1.54) is 38.5 Å². The molecular formula is C16H22N2O2. The minimum Gasteiger partial charge on any atom is -0.476 e. The van der Waals surface area contributed by atoms with Crippen LogP contribution >= 0.6 is 0 Å². The molecule has 0 atom stereocenters. The van der Waals surface area contributed by atoms with E-state index in [1.54, 1.807) is 0 Å². The van der Waals surface area contributed by atoms with Crippen LogP contribution in [0.2, 0.25) is 0 Å². The van der Waals surface area contributed by atoms with E-state index in [0.717, 1.165) is 29.3 Å². The largest absolute Gasteiger partial charge is 0.476 e. The highest BCUT2D eigenvalue weighted by molar-refractivity contribution is 5.86. The Bertz CT molecular complexity index is 526. The van der Waals surface area contributed by atoms with Crippen molar-refractivity contribution in [2.45, 2.75) is 57.3 Å². The molecule has 4 saturated carbocycles. The van der Waals surface area contributed by atoms with Gasteiger partial charge < -0.3 is 10.1 Å². The number of hydrogen-bond donors (Lipinski definition) is 2. The fourth-order valence-electron chi connectivity index (χ4n) is 5.49. The van der Waals surface area contributed by atoms with Crippen LogP contribution in [0.15, 0.2) is 0 Å². The molecule has 4 aliphatic rings. The Hall–Kier alpha value is -1.32.